The molecule has 0 fully saturated rings. The summed E-state index contributed by atoms with van der Waals surface area (Å²) in [6, 6.07) is 0. The number of anilines is 1. The van der Waals surface area contributed by atoms with E-state index in [1.807, 2.05) is 0 Å². The van der Waals surface area contributed by atoms with Crippen molar-refractivity contribution in [2.45, 2.75) is 0 Å². The highest BCUT2D eigenvalue weighted by Crippen LogP contribution is 2.06. The largest absolute Gasteiger partial charge is 0.405 e. The summed E-state index contributed by atoms with van der Waals surface area (Å²) in [5.74, 6) is 0. The summed E-state index contributed by atoms with van der Waals surface area (Å²) in [7, 11) is 3.39. The molecule has 0 aromatic carbocycles. The van der Waals surface area contributed by atoms with Crippen molar-refractivity contribution < 1.29 is 0 Å². The summed E-state index contributed by atoms with van der Waals surface area (Å²) >= 11 is 0. The van der Waals surface area contributed by atoms with Gasteiger partial charge >= 0.3 is 0 Å². The second-order valence-electron chi connectivity index (χ2n) is 2.51. The third-order valence-corrected chi connectivity index (χ3v) is 1.85. The Morgan fingerprint density at radius 1 is 1.33 bits per heavy atom. The first-order chi connectivity index (χ1) is 5.59. The van der Waals surface area contributed by atoms with Gasteiger partial charge in [0.25, 0.3) is 5.56 Å². The number of hydrogen-bond acceptors (Lipinski definition) is 3. The van der Waals surface area contributed by atoms with Crippen molar-refractivity contribution in [2.75, 3.05) is 5.73 Å². The molecule has 1 rings (SSSR count). The zero-order valence-corrected chi connectivity index (χ0v) is 7.11. The molecule has 12 heavy (non-hydrogen) atoms. The molecular formula is C7H12N4O. The van der Waals surface area contributed by atoms with E-state index >= 15 is 0 Å². The van der Waals surface area contributed by atoms with Crippen LogP contribution in [0.2, 0.25) is 0 Å². The van der Waals surface area contributed by atoms with Crippen molar-refractivity contribution in [3.8, 4) is 0 Å². The molecule has 0 aliphatic rings. The molecule has 1 heterocycles. The zero-order chi connectivity index (χ0) is 9.30. The molecule has 0 spiro atoms. The van der Waals surface area contributed by atoms with E-state index in [1.165, 1.54) is 10.9 Å². The van der Waals surface area contributed by atoms with Crippen LogP contribution in [0.4, 0.5) is 5.69 Å². The van der Waals surface area contributed by atoms with E-state index in [0.29, 0.717) is 5.69 Å². The first-order valence-corrected chi connectivity index (χ1v) is 3.49. The predicted molar refractivity (Wildman–Crippen MR) is 48.3 cm³/mol. The van der Waals surface area contributed by atoms with E-state index in [4.69, 9.17) is 11.5 Å². The van der Waals surface area contributed by atoms with Crippen LogP contribution in [-0.2, 0) is 14.1 Å². The van der Waals surface area contributed by atoms with Crippen LogP contribution in [0.1, 0.15) is 5.69 Å². The summed E-state index contributed by atoms with van der Waals surface area (Å²) < 4.78 is 3.06. The highest BCUT2D eigenvalue weighted by atomic mass is 16.1. The van der Waals surface area contributed by atoms with Gasteiger partial charge in [0.1, 0.15) is 5.69 Å². The van der Waals surface area contributed by atoms with Gasteiger partial charge in [-0.25, -0.2) is 0 Å². The second-order valence-corrected chi connectivity index (χ2v) is 2.51. The molecule has 5 heteroatoms. The van der Waals surface area contributed by atoms with Crippen LogP contribution < -0.4 is 17.0 Å². The quantitative estimate of drug-likeness (QED) is 0.578. The molecule has 4 N–H and O–H groups in total. The van der Waals surface area contributed by atoms with Crippen LogP contribution >= 0.6 is 0 Å². The normalized spacial score (nSPS) is 11.2. The molecule has 66 valence electrons. The lowest BCUT2D eigenvalue weighted by molar-refractivity contribution is 0.575. The standard InChI is InChI=1S/C7H12N4O/c1-10-5(3-4-8)6(9)7(12)11(10)2/h3-4H,8-9H2,1-2H3/b4-3-. The van der Waals surface area contributed by atoms with E-state index < -0.39 is 0 Å². The van der Waals surface area contributed by atoms with Crippen LogP contribution in [-0.4, -0.2) is 9.36 Å². The summed E-state index contributed by atoms with van der Waals surface area (Å²) in [5.41, 5.74) is 11.4. The van der Waals surface area contributed by atoms with Crippen LogP contribution in [0.25, 0.3) is 6.08 Å². The number of nitrogens with zero attached hydrogens (tertiary/aromatic N) is 2. The van der Waals surface area contributed by atoms with Gasteiger partial charge in [0, 0.05) is 14.1 Å². The molecule has 0 amide bonds. The molecule has 1 aromatic heterocycles. The van der Waals surface area contributed by atoms with Gasteiger partial charge in [0.05, 0.1) is 5.69 Å². The minimum absolute atomic E-state index is 0.203. The minimum Gasteiger partial charge on any atom is -0.405 e. The van der Waals surface area contributed by atoms with Crippen molar-refractivity contribution >= 4 is 11.8 Å². The fourth-order valence-electron chi connectivity index (χ4n) is 1.04. The molecule has 5 nitrogen and oxygen atoms in total. The van der Waals surface area contributed by atoms with Crippen molar-refractivity contribution in [3.05, 3.63) is 22.2 Å². The number of nitrogens with two attached hydrogens (primary N) is 2. The highest BCUT2D eigenvalue weighted by molar-refractivity contribution is 5.60. The van der Waals surface area contributed by atoms with E-state index in [-0.39, 0.29) is 11.2 Å². The van der Waals surface area contributed by atoms with Crippen molar-refractivity contribution in [2.24, 2.45) is 19.8 Å². The third-order valence-electron chi connectivity index (χ3n) is 1.85. The van der Waals surface area contributed by atoms with Gasteiger partial charge in [-0.05, 0) is 12.3 Å². The smallest absolute Gasteiger partial charge is 0.290 e. The van der Waals surface area contributed by atoms with E-state index in [1.54, 1.807) is 24.9 Å². The van der Waals surface area contributed by atoms with E-state index in [9.17, 15) is 4.79 Å². The maximum Gasteiger partial charge on any atom is 0.290 e. The first-order valence-electron chi connectivity index (χ1n) is 3.49. The Balaban J connectivity index is 3.48. The molecule has 0 saturated carbocycles. The number of nitrogen functional groups attached to an aromatic ring is 1. The van der Waals surface area contributed by atoms with Crippen LogP contribution in [0, 0.1) is 0 Å². The third kappa shape index (κ3) is 0.990. The topological polar surface area (TPSA) is 79.0 Å². The van der Waals surface area contributed by atoms with Gasteiger partial charge < -0.3 is 11.5 Å². The highest BCUT2D eigenvalue weighted by Gasteiger charge is 2.08. The molecule has 0 aliphatic carbocycles. The Hall–Kier alpha value is -1.65. The lowest BCUT2D eigenvalue weighted by Crippen LogP contribution is -2.18. The first kappa shape index (κ1) is 8.45. The Labute approximate surface area is 69.9 Å². The van der Waals surface area contributed by atoms with Gasteiger partial charge in [-0.15, -0.1) is 0 Å². The molecule has 0 aliphatic heterocycles. The van der Waals surface area contributed by atoms with Crippen LogP contribution in [0.15, 0.2) is 11.0 Å². The average Bonchev–Trinajstić information content (AvgIpc) is 2.23. The molecule has 0 unspecified atom stereocenters. The molecule has 1 aromatic rings. The van der Waals surface area contributed by atoms with Gasteiger partial charge in [0.2, 0.25) is 0 Å². The minimum atomic E-state index is -0.203. The average molecular weight is 168 g/mol. The molecule has 0 saturated heterocycles. The van der Waals surface area contributed by atoms with Crippen molar-refractivity contribution in [1.82, 2.24) is 9.36 Å². The SMILES string of the molecule is Cn1c(/C=C\N)c(N)c(=O)n1C. The van der Waals surface area contributed by atoms with E-state index in [0.717, 1.165) is 0 Å². The monoisotopic (exact) mass is 168 g/mol. The summed E-state index contributed by atoms with van der Waals surface area (Å²) in [6.45, 7) is 0. The molecular weight excluding hydrogens is 156 g/mol. The number of hydrogen-bond donors (Lipinski definition) is 2. The Kier molecular flexibility index (Phi) is 1.95. The summed E-state index contributed by atoms with van der Waals surface area (Å²) in [4.78, 5) is 11.2. The zero-order valence-electron chi connectivity index (χ0n) is 7.11. The second kappa shape index (κ2) is 2.77. The molecule has 0 radical (unpaired) electrons. The van der Waals surface area contributed by atoms with Gasteiger partial charge in [-0.1, -0.05) is 0 Å². The molecule has 0 atom stereocenters. The summed E-state index contributed by atoms with van der Waals surface area (Å²) in [6.07, 6.45) is 2.95. The van der Waals surface area contributed by atoms with E-state index in [2.05, 4.69) is 0 Å². The molecule has 0 bridgehead atoms. The lowest BCUT2D eigenvalue weighted by atomic mass is 10.3. The Morgan fingerprint density at radius 2 is 1.92 bits per heavy atom. The van der Waals surface area contributed by atoms with Gasteiger partial charge in [-0.3, -0.25) is 14.2 Å². The van der Waals surface area contributed by atoms with Crippen molar-refractivity contribution in [1.29, 1.82) is 0 Å². The summed E-state index contributed by atoms with van der Waals surface area (Å²) in [5, 5.41) is 0. The van der Waals surface area contributed by atoms with Crippen LogP contribution in [0.3, 0.4) is 0 Å². The van der Waals surface area contributed by atoms with Gasteiger partial charge in [0.15, 0.2) is 0 Å². The predicted octanol–water partition coefficient (Wildman–Crippen LogP) is -0.765. The fourth-order valence-corrected chi connectivity index (χ4v) is 1.04. The van der Waals surface area contributed by atoms with Gasteiger partial charge in [-0.2, -0.15) is 0 Å². The number of rotatable bonds is 1. The fraction of sp³-hybridized carbons (Fsp3) is 0.286. The number of aromatic nitrogens is 2. The maximum absolute atomic E-state index is 11.2. The van der Waals surface area contributed by atoms with Crippen LogP contribution in [0.5, 0.6) is 0 Å². The Morgan fingerprint density at radius 3 is 2.25 bits per heavy atom. The lowest BCUT2D eigenvalue weighted by Gasteiger charge is -2.00. The van der Waals surface area contributed by atoms with Crippen molar-refractivity contribution in [3.63, 3.8) is 0 Å². The Bertz CT molecular complexity index is 371. The maximum atomic E-state index is 11.2.